The van der Waals surface area contributed by atoms with E-state index in [1.54, 1.807) is 0 Å². The van der Waals surface area contributed by atoms with Crippen LogP contribution in [0.2, 0.25) is 0 Å². The molecule has 1 aromatic carbocycles. The Bertz CT molecular complexity index is 955. The molecule has 1 aliphatic carbocycles. The number of nitrogens with zero attached hydrogens (tertiary/aromatic N) is 2. The number of amides is 2. The highest BCUT2D eigenvalue weighted by Gasteiger charge is 2.43. The molecule has 230 valence electrons. The maximum atomic E-state index is 13.8. The number of carbonyl (C=O) groups excluding carboxylic acids is 2. The number of hydrogen-bond donors (Lipinski definition) is 2. The van der Waals surface area contributed by atoms with Gasteiger partial charge in [-0.05, 0) is 102 Å². The smallest absolute Gasteiger partial charge is 0.282 e. The minimum Gasteiger partial charge on any atom is -0.352 e. The number of carbonyl (C=O) groups is 2. The van der Waals surface area contributed by atoms with Crippen LogP contribution in [0.25, 0.3) is 0 Å². The molecule has 3 atom stereocenters. The number of hydrogen-bond acceptors (Lipinski definition) is 3. The first-order chi connectivity index (χ1) is 19.9. The lowest BCUT2D eigenvalue weighted by molar-refractivity contribution is -0.947. The summed E-state index contributed by atoms with van der Waals surface area (Å²) in [7, 11) is 0. The minimum atomic E-state index is 0.0456. The van der Waals surface area contributed by atoms with Crippen LogP contribution in [0, 0.1) is 13.8 Å². The second-order valence-electron chi connectivity index (χ2n) is 13.5. The second kappa shape index (κ2) is 16.1. The summed E-state index contributed by atoms with van der Waals surface area (Å²) < 4.78 is 0.959. The van der Waals surface area contributed by atoms with Gasteiger partial charge in [0, 0.05) is 18.2 Å². The largest absolute Gasteiger partial charge is 0.352 e. The first-order valence-corrected chi connectivity index (χ1v) is 17.2. The number of anilines is 1. The number of rotatable bonds is 13. The van der Waals surface area contributed by atoms with E-state index in [1.165, 1.54) is 57.8 Å². The van der Waals surface area contributed by atoms with E-state index in [-0.39, 0.29) is 23.9 Å². The van der Waals surface area contributed by atoms with Gasteiger partial charge >= 0.3 is 0 Å². The molecule has 6 nitrogen and oxygen atoms in total. The Labute approximate surface area is 250 Å². The van der Waals surface area contributed by atoms with Crippen molar-refractivity contribution in [3.63, 3.8) is 0 Å². The molecule has 1 aromatic rings. The average Bonchev–Trinajstić information content (AvgIpc) is 2.99. The van der Waals surface area contributed by atoms with Crippen LogP contribution >= 0.6 is 0 Å². The lowest BCUT2D eigenvalue weighted by atomic mass is 9.94. The van der Waals surface area contributed by atoms with Crippen LogP contribution in [0.1, 0.15) is 121 Å². The molecule has 2 N–H and O–H groups in total. The number of likely N-dealkylation sites (tertiary alicyclic amines) is 2. The molecule has 6 heteroatoms. The fourth-order valence-corrected chi connectivity index (χ4v) is 7.93. The van der Waals surface area contributed by atoms with Crippen molar-refractivity contribution in [3.05, 3.63) is 29.3 Å². The summed E-state index contributed by atoms with van der Waals surface area (Å²) in [6.07, 6.45) is 18.7. The summed E-state index contributed by atoms with van der Waals surface area (Å²) in [4.78, 5) is 29.5. The number of quaternary nitrogens is 1. The summed E-state index contributed by atoms with van der Waals surface area (Å²) in [5, 5.41) is 6.78. The van der Waals surface area contributed by atoms with E-state index in [0.717, 1.165) is 99.0 Å². The van der Waals surface area contributed by atoms with Crippen molar-refractivity contribution in [3.8, 4) is 0 Å². The van der Waals surface area contributed by atoms with E-state index in [9.17, 15) is 9.59 Å². The molecule has 3 fully saturated rings. The van der Waals surface area contributed by atoms with E-state index in [0.29, 0.717) is 6.04 Å². The van der Waals surface area contributed by atoms with E-state index in [1.807, 2.05) is 0 Å². The van der Waals surface area contributed by atoms with Crippen LogP contribution < -0.4 is 10.6 Å². The molecule has 3 aliphatic rings. The molecule has 3 unspecified atom stereocenters. The Morgan fingerprint density at radius 1 is 0.829 bits per heavy atom. The second-order valence-corrected chi connectivity index (χ2v) is 13.5. The van der Waals surface area contributed by atoms with Crippen LogP contribution in [-0.4, -0.2) is 72.0 Å². The van der Waals surface area contributed by atoms with E-state index < -0.39 is 0 Å². The van der Waals surface area contributed by atoms with Crippen molar-refractivity contribution in [2.75, 3.05) is 38.0 Å². The Morgan fingerprint density at radius 3 is 2.29 bits per heavy atom. The number of benzene rings is 1. The minimum absolute atomic E-state index is 0.0456. The predicted octanol–water partition coefficient (Wildman–Crippen LogP) is 6.89. The number of nitrogens with one attached hydrogen (secondary N) is 2. The first kappa shape index (κ1) is 32.0. The highest BCUT2D eigenvalue weighted by Crippen LogP contribution is 2.30. The lowest BCUT2D eigenvalue weighted by Crippen LogP contribution is -2.63. The normalized spacial score (nSPS) is 26.0. The van der Waals surface area contributed by atoms with Crippen LogP contribution in [0.5, 0.6) is 0 Å². The Hall–Kier alpha value is -1.92. The molecule has 0 spiro atoms. The van der Waals surface area contributed by atoms with Crippen molar-refractivity contribution in [2.45, 2.75) is 142 Å². The zero-order valence-electron chi connectivity index (χ0n) is 26.5. The quantitative estimate of drug-likeness (QED) is 0.202. The SMILES string of the molecule is CCCC[N+]1(CCCCCN2CCCCC2C(=O)NC2CCCCC2)CCCCC1C(=O)Nc1c(C)cccc1C. The van der Waals surface area contributed by atoms with Gasteiger partial charge in [-0.15, -0.1) is 0 Å². The van der Waals surface area contributed by atoms with Gasteiger partial charge in [-0.2, -0.15) is 0 Å². The van der Waals surface area contributed by atoms with Crippen LogP contribution in [-0.2, 0) is 9.59 Å². The molecular weight excluding hydrogens is 508 g/mol. The first-order valence-electron chi connectivity index (χ1n) is 17.2. The third-order valence-corrected chi connectivity index (χ3v) is 10.4. The van der Waals surface area contributed by atoms with Crippen LogP contribution in [0.4, 0.5) is 5.69 Å². The predicted molar refractivity (Wildman–Crippen MR) is 170 cm³/mol. The van der Waals surface area contributed by atoms with Gasteiger partial charge in [-0.25, -0.2) is 0 Å². The number of unbranched alkanes of at least 4 members (excludes halogenated alkanes) is 3. The fraction of sp³-hybridized carbons (Fsp3) is 0.771. The highest BCUT2D eigenvalue weighted by atomic mass is 16.2. The standard InChI is InChI=1S/C35H58N4O2/c1-4-5-25-39(27-15-11-22-32(39)35(41)37-33-28(2)17-16-18-29(33)3)26-14-7-12-23-38-24-13-10-21-31(38)34(40)36-30-19-8-6-9-20-30/h16-18,30-32H,4-15,19-27H2,1-3H3,(H-,36,37,40,41)/p+1. The van der Waals surface area contributed by atoms with Crippen LogP contribution in [0.3, 0.4) is 0 Å². The van der Waals surface area contributed by atoms with Crippen molar-refractivity contribution in [1.82, 2.24) is 10.2 Å². The van der Waals surface area contributed by atoms with Gasteiger partial charge in [0.25, 0.3) is 5.91 Å². The fourth-order valence-electron chi connectivity index (χ4n) is 7.93. The third-order valence-electron chi connectivity index (χ3n) is 10.4. The molecule has 1 saturated carbocycles. The monoisotopic (exact) mass is 567 g/mol. The molecule has 2 heterocycles. The zero-order valence-corrected chi connectivity index (χ0v) is 26.5. The summed E-state index contributed by atoms with van der Waals surface area (Å²) >= 11 is 0. The highest BCUT2D eigenvalue weighted by molar-refractivity contribution is 5.95. The van der Waals surface area contributed by atoms with Crippen LogP contribution in [0.15, 0.2) is 18.2 Å². The summed E-state index contributed by atoms with van der Waals surface area (Å²) in [6.45, 7) is 11.9. The third kappa shape index (κ3) is 8.79. The van der Waals surface area contributed by atoms with Gasteiger partial charge < -0.3 is 15.1 Å². The zero-order chi connectivity index (χ0) is 29.1. The molecule has 2 amide bonds. The van der Waals surface area contributed by atoms with Gasteiger partial charge in [0.15, 0.2) is 6.04 Å². The molecule has 2 aliphatic heterocycles. The Morgan fingerprint density at radius 2 is 1.54 bits per heavy atom. The van der Waals surface area contributed by atoms with Gasteiger partial charge in [0.2, 0.25) is 5.91 Å². The van der Waals surface area contributed by atoms with E-state index in [4.69, 9.17) is 0 Å². The van der Waals surface area contributed by atoms with Crippen molar-refractivity contribution < 1.29 is 14.1 Å². The maximum Gasteiger partial charge on any atom is 0.282 e. The van der Waals surface area contributed by atoms with Gasteiger partial charge in [-0.3, -0.25) is 14.5 Å². The number of piperidine rings is 2. The number of para-hydroxylation sites is 1. The Balaban J connectivity index is 1.31. The van der Waals surface area contributed by atoms with Gasteiger partial charge in [0.1, 0.15) is 0 Å². The molecule has 41 heavy (non-hydrogen) atoms. The summed E-state index contributed by atoms with van der Waals surface area (Å²) in [6, 6.07) is 6.76. The lowest BCUT2D eigenvalue weighted by Gasteiger charge is -2.47. The summed E-state index contributed by atoms with van der Waals surface area (Å²) in [5.41, 5.74) is 3.29. The van der Waals surface area contributed by atoms with Crippen molar-refractivity contribution in [1.29, 1.82) is 0 Å². The van der Waals surface area contributed by atoms with E-state index in [2.05, 4.69) is 54.5 Å². The van der Waals surface area contributed by atoms with Crippen molar-refractivity contribution in [2.24, 2.45) is 0 Å². The topological polar surface area (TPSA) is 61.4 Å². The Kier molecular flexibility index (Phi) is 12.5. The maximum absolute atomic E-state index is 13.8. The summed E-state index contributed by atoms with van der Waals surface area (Å²) in [5.74, 6) is 0.505. The molecule has 0 aromatic heterocycles. The number of aryl methyl sites for hydroxylation is 2. The molecule has 2 saturated heterocycles. The molecule has 0 bridgehead atoms. The van der Waals surface area contributed by atoms with Gasteiger partial charge in [0.05, 0.1) is 25.7 Å². The van der Waals surface area contributed by atoms with E-state index >= 15 is 0 Å². The molecular formula is C35H59N4O2+. The molecule has 0 radical (unpaired) electrons. The van der Waals surface area contributed by atoms with Crippen molar-refractivity contribution >= 4 is 17.5 Å². The molecule has 4 rings (SSSR count). The average molecular weight is 568 g/mol. The van der Waals surface area contributed by atoms with Gasteiger partial charge in [-0.1, -0.05) is 57.2 Å².